The molecule has 21 heavy (non-hydrogen) atoms. The maximum Gasteiger partial charge on any atom is 0.193 e. The zero-order chi connectivity index (χ0) is 14.7. The third-order valence-corrected chi connectivity index (χ3v) is 4.38. The number of fused-ring (bicyclic) bond motifs is 1. The lowest BCUT2D eigenvalue weighted by Gasteiger charge is -2.36. The van der Waals surface area contributed by atoms with Crippen molar-refractivity contribution in [1.29, 1.82) is 0 Å². The molecule has 2 aliphatic rings. The van der Waals surface area contributed by atoms with Crippen LogP contribution in [0.2, 0.25) is 0 Å². The number of nitrogens with one attached hydrogen (secondary N) is 1. The summed E-state index contributed by atoms with van der Waals surface area (Å²) in [5, 5.41) is 3.17. The topological polar surface area (TPSA) is 40.1 Å². The molecule has 2 aliphatic heterocycles. The summed E-state index contributed by atoms with van der Waals surface area (Å²) < 4.78 is 5.97. The van der Waals surface area contributed by atoms with Crippen molar-refractivity contribution in [2.24, 2.45) is 4.99 Å². The Morgan fingerprint density at radius 2 is 2.14 bits per heavy atom. The molecule has 0 radical (unpaired) electrons. The summed E-state index contributed by atoms with van der Waals surface area (Å²) in [6.45, 7) is 4.72. The van der Waals surface area contributed by atoms with Gasteiger partial charge in [-0.15, -0.1) is 0 Å². The van der Waals surface area contributed by atoms with Gasteiger partial charge in [0, 0.05) is 40.3 Å². The Morgan fingerprint density at radius 1 is 1.33 bits per heavy atom. The number of hydrogen-bond acceptors (Lipinski definition) is 3. The minimum atomic E-state index is 0.285. The molecule has 3 rings (SSSR count). The van der Waals surface area contributed by atoms with E-state index in [0.717, 1.165) is 38.7 Å². The maximum atomic E-state index is 5.97. The summed E-state index contributed by atoms with van der Waals surface area (Å²) in [5.41, 5.74) is 1.37. The van der Waals surface area contributed by atoms with E-state index >= 15 is 0 Å². The molecule has 2 atom stereocenters. The maximum absolute atomic E-state index is 5.97. The van der Waals surface area contributed by atoms with Gasteiger partial charge in [0.2, 0.25) is 0 Å². The van der Waals surface area contributed by atoms with E-state index in [1.165, 1.54) is 5.56 Å². The standard InChI is InChI=1S/C16H24N4O/c1-17-16(18-2)20-11-14-15(12-20)21-9-8-19(14)10-13-6-4-3-5-7-13/h3-7,14-15H,8-12H2,1-2H3,(H,17,18). The second-order valence-corrected chi connectivity index (χ2v) is 5.63. The van der Waals surface area contributed by atoms with Crippen LogP contribution in [0.1, 0.15) is 5.56 Å². The van der Waals surface area contributed by atoms with Crippen LogP contribution in [0.15, 0.2) is 35.3 Å². The first-order valence-corrected chi connectivity index (χ1v) is 7.61. The largest absolute Gasteiger partial charge is 0.373 e. The highest BCUT2D eigenvalue weighted by Gasteiger charge is 2.40. The quantitative estimate of drug-likeness (QED) is 0.645. The smallest absolute Gasteiger partial charge is 0.193 e. The first kappa shape index (κ1) is 14.4. The van der Waals surface area contributed by atoms with E-state index in [2.05, 4.69) is 50.4 Å². The molecule has 5 nitrogen and oxygen atoms in total. The van der Waals surface area contributed by atoms with E-state index in [1.54, 1.807) is 0 Å². The van der Waals surface area contributed by atoms with Crippen molar-refractivity contribution in [3.05, 3.63) is 35.9 Å². The number of likely N-dealkylation sites (tertiary alicyclic amines) is 1. The Morgan fingerprint density at radius 3 is 2.86 bits per heavy atom. The van der Waals surface area contributed by atoms with Crippen molar-refractivity contribution < 1.29 is 4.74 Å². The minimum absolute atomic E-state index is 0.285. The average molecular weight is 288 g/mol. The SMILES string of the molecule is CN=C(NC)N1CC2OCCN(Cc3ccccc3)C2C1. The molecule has 2 saturated heterocycles. The fourth-order valence-corrected chi connectivity index (χ4v) is 3.36. The fraction of sp³-hybridized carbons (Fsp3) is 0.562. The van der Waals surface area contributed by atoms with Crippen LogP contribution in [0, 0.1) is 0 Å². The van der Waals surface area contributed by atoms with Crippen molar-refractivity contribution in [3.8, 4) is 0 Å². The average Bonchev–Trinajstić information content (AvgIpc) is 2.94. The third kappa shape index (κ3) is 3.04. The molecule has 5 heteroatoms. The fourth-order valence-electron chi connectivity index (χ4n) is 3.36. The first-order chi connectivity index (χ1) is 10.3. The Hall–Kier alpha value is -1.59. The minimum Gasteiger partial charge on any atom is -0.373 e. The first-order valence-electron chi connectivity index (χ1n) is 7.61. The summed E-state index contributed by atoms with van der Waals surface area (Å²) in [4.78, 5) is 9.15. The third-order valence-electron chi connectivity index (χ3n) is 4.38. The molecule has 0 spiro atoms. The number of hydrogen-bond donors (Lipinski definition) is 1. The highest BCUT2D eigenvalue weighted by Crippen LogP contribution is 2.24. The van der Waals surface area contributed by atoms with Crippen LogP contribution in [0.4, 0.5) is 0 Å². The molecule has 0 saturated carbocycles. The van der Waals surface area contributed by atoms with E-state index < -0.39 is 0 Å². The number of ether oxygens (including phenoxy) is 1. The van der Waals surface area contributed by atoms with Crippen molar-refractivity contribution in [3.63, 3.8) is 0 Å². The molecule has 2 unspecified atom stereocenters. The Labute approximate surface area is 126 Å². The summed E-state index contributed by atoms with van der Waals surface area (Å²) in [6.07, 6.45) is 0.285. The Kier molecular flexibility index (Phi) is 4.41. The normalized spacial score (nSPS) is 26.8. The Balaban J connectivity index is 1.70. The molecule has 2 fully saturated rings. The molecular formula is C16H24N4O. The van der Waals surface area contributed by atoms with Crippen molar-refractivity contribution in [2.75, 3.05) is 40.3 Å². The van der Waals surface area contributed by atoms with Crippen LogP contribution in [0.25, 0.3) is 0 Å². The van der Waals surface area contributed by atoms with Gasteiger partial charge in [0.1, 0.15) is 0 Å². The number of benzene rings is 1. The van der Waals surface area contributed by atoms with Gasteiger partial charge in [0.25, 0.3) is 0 Å². The van der Waals surface area contributed by atoms with Crippen LogP contribution in [-0.2, 0) is 11.3 Å². The number of rotatable bonds is 2. The summed E-state index contributed by atoms with van der Waals surface area (Å²) in [7, 11) is 3.75. The molecule has 0 aromatic heterocycles. The van der Waals surface area contributed by atoms with E-state index in [9.17, 15) is 0 Å². The van der Waals surface area contributed by atoms with E-state index in [-0.39, 0.29) is 6.10 Å². The molecule has 1 N–H and O–H groups in total. The van der Waals surface area contributed by atoms with Gasteiger partial charge in [-0.25, -0.2) is 0 Å². The molecule has 0 bridgehead atoms. The van der Waals surface area contributed by atoms with Gasteiger partial charge in [-0.05, 0) is 5.56 Å². The van der Waals surface area contributed by atoms with E-state index in [0.29, 0.717) is 6.04 Å². The molecule has 0 amide bonds. The van der Waals surface area contributed by atoms with Gasteiger partial charge in [-0.1, -0.05) is 30.3 Å². The number of guanidine groups is 1. The summed E-state index contributed by atoms with van der Waals surface area (Å²) in [5.74, 6) is 0.952. The van der Waals surface area contributed by atoms with Crippen LogP contribution < -0.4 is 5.32 Å². The van der Waals surface area contributed by atoms with Crippen LogP contribution in [0.3, 0.4) is 0 Å². The van der Waals surface area contributed by atoms with Crippen LogP contribution >= 0.6 is 0 Å². The van der Waals surface area contributed by atoms with Crippen molar-refractivity contribution in [2.45, 2.75) is 18.7 Å². The monoisotopic (exact) mass is 288 g/mol. The second kappa shape index (κ2) is 6.45. The predicted octanol–water partition coefficient (Wildman–Crippen LogP) is 0.777. The molecule has 1 aromatic rings. The second-order valence-electron chi connectivity index (χ2n) is 5.63. The molecule has 114 valence electrons. The highest BCUT2D eigenvalue weighted by atomic mass is 16.5. The van der Waals surface area contributed by atoms with E-state index in [1.807, 2.05) is 14.1 Å². The molecule has 0 aliphatic carbocycles. The predicted molar refractivity (Wildman–Crippen MR) is 84.4 cm³/mol. The van der Waals surface area contributed by atoms with Crippen molar-refractivity contribution >= 4 is 5.96 Å². The molecule has 2 heterocycles. The van der Waals surface area contributed by atoms with Gasteiger partial charge in [0.15, 0.2) is 5.96 Å². The van der Waals surface area contributed by atoms with Crippen molar-refractivity contribution in [1.82, 2.24) is 15.1 Å². The van der Waals surface area contributed by atoms with Gasteiger partial charge in [0.05, 0.1) is 18.8 Å². The van der Waals surface area contributed by atoms with Gasteiger partial charge in [-0.2, -0.15) is 0 Å². The van der Waals surface area contributed by atoms with E-state index in [4.69, 9.17) is 4.74 Å². The number of aliphatic imine (C=N–C) groups is 1. The molecular weight excluding hydrogens is 264 g/mol. The molecule has 1 aromatic carbocycles. The van der Waals surface area contributed by atoms with Crippen LogP contribution in [-0.4, -0.2) is 68.2 Å². The lowest BCUT2D eigenvalue weighted by Crippen LogP contribution is -2.50. The number of morpholine rings is 1. The zero-order valence-corrected chi connectivity index (χ0v) is 12.8. The zero-order valence-electron chi connectivity index (χ0n) is 12.8. The summed E-state index contributed by atoms with van der Waals surface area (Å²) >= 11 is 0. The highest BCUT2D eigenvalue weighted by molar-refractivity contribution is 5.80. The Bertz CT molecular complexity index is 490. The van der Waals surface area contributed by atoms with Gasteiger partial charge >= 0.3 is 0 Å². The lowest BCUT2D eigenvalue weighted by atomic mass is 10.1. The van der Waals surface area contributed by atoms with Crippen LogP contribution in [0.5, 0.6) is 0 Å². The lowest BCUT2D eigenvalue weighted by molar-refractivity contribution is -0.0502. The van der Waals surface area contributed by atoms with Gasteiger partial charge < -0.3 is 15.0 Å². The summed E-state index contributed by atoms with van der Waals surface area (Å²) in [6, 6.07) is 11.1. The number of nitrogens with zero attached hydrogens (tertiary/aromatic N) is 3. The van der Waals surface area contributed by atoms with Gasteiger partial charge in [-0.3, -0.25) is 9.89 Å².